The van der Waals surface area contributed by atoms with Crippen molar-refractivity contribution in [2.45, 2.75) is 26.7 Å². The lowest BCUT2D eigenvalue weighted by Gasteiger charge is -2.15. The van der Waals surface area contributed by atoms with Crippen molar-refractivity contribution >= 4 is 17.3 Å². The molecule has 2 N–H and O–H groups in total. The molecule has 2 rings (SSSR count). The summed E-state index contributed by atoms with van der Waals surface area (Å²) in [5, 5.41) is 7.76. The van der Waals surface area contributed by atoms with Crippen LogP contribution in [-0.2, 0) is 6.42 Å². The van der Waals surface area contributed by atoms with Gasteiger partial charge in [0.05, 0.1) is 10.7 Å². The second-order valence-electron chi connectivity index (χ2n) is 3.94. The number of nitrogens with one attached hydrogen (secondary N) is 2. The van der Waals surface area contributed by atoms with Crippen LogP contribution in [0.2, 0.25) is 0 Å². The molecule has 0 amide bonds. The first-order valence-electron chi connectivity index (χ1n) is 5.71. The van der Waals surface area contributed by atoms with Crippen LogP contribution in [-0.4, -0.2) is 30.6 Å². The number of hydrogen-bond donors (Lipinski definition) is 2. The molecule has 0 bridgehead atoms. The Kier molecular flexibility index (Phi) is 3.77. The average molecular weight is 238 g/mol. The normalized spacial score (nSPS) is 15.5. The smallest absolute Gasteiger partial charge is 0.191 e. The molecule has 1 aliphatic heterocycles. The molecule has 0 saturated heterocycles. The van der Waals surface area contributed by atoms with Crippen molar-refractivity contribution in [3.8, 4) is 0 Å². The number of thiazole rings is 1. The van der Waals surface area contributed by atoms with Gasteiger partial charge in [-0.3, -0.25) is 4.99 Å². The number of aromatic nitrogens is 1. The van der Waals surface area contributed by atoms with Crippen LogP contribution in [0.15, 0.2) is 4.99 Å². The summed E-state index contributed by atoms with van der Waals surface area (Å²) in [6, 6.07) is 0. The number of guanidine groups is 1. The molecule has 0 radical (unpaired) electrons. The molecule has 1 aromatic rings. The number of rotatable bonds is 3. The summed E-state index contributed by atoms with van der Waals surface area (Å²) in [6.45, 7) is 7.05. The molecular weight excluding hydrogens is 220 g/mol. The second-order valence-corrected chi connectivity index (χ2v) is 5.22. The van der Waals surface area contributed by atoms with Gasteiger partial charge in [0.2, 0.25) is 0 Å². The van der Waals surface area contributed by atoms with Gasteiger partial charge < -0.3 is 10.6 Å². The van der Waals surface area contributed by atoms with Gasteiger partial charge in [-0.05, 0) is 20.3 Å². The lowest BCUT2D eigenvalue weighted by molar-refractivity contribution is 0.699. The largest absolute Gasteiger partial charge is 0.356 e. The first-order chi connectivity index (χ1) is 7.75. The Bertz CT molecular complexity index is 364. The Morgan fingerprint density at radius 2 is 2.31 bits per heavy atom. The van der Waals surface area contributed by atoms with E-state index in [2.05, 4.69) is 34.5 Å². The van der Waals surface area contributed by atoms with E-state index in [4.69, 9.17) is 0 Å². The molecule has 5 heteroatoms. The standard InChI is InChI=1S/C11H18N4S/c1-8-9(2)16-10(15-8)4-7-14-11-12-5-3-6-13-11/h3-7H2,1-2H3,(H2,12,13,14). The predicted octanol–water partition coefficient (Wildman–Crippen LogP) is 1.24. The van der Waals surface area contributed by atoms with Gasteiger partial charge in [-0.1, -0.05) is 0 Å². The third-order valence-electron chi connectivity index (χ3n) is 2.60. The van der Waals surface area contributed by atoms with Gasteiger partial charge in [0.25, 0.3) is 0 Å². The molecule has 4 nitrogen and oxygen atoms in total. The summed E-state index contributed by atoms with van der Waals surface area (Å²) >= 11 is 1.79. The summed E-state index contributed by atoms with van der Waals surface area (Å²) in [7, 11) is 0. The molecule has 0 fully saturated rings. The van der Waals surface area contributed by atoms with Crippen LogP contribution in [0.1, 0.15) is 22.0 Å². The van der Waals surface area contributed by atoms with Gasteiger partial charge in [-0.2, -0.15) is 0 Å². The van der Waals surface area contributed by atoms with E-state index < -0.39 is 0 Å². The molecule has 88 valence electrons. The monoisotopic (exact) mass is 238 g/mol. The molecule has 16 heavy (non-hydrogen) atoms. The van der Waals surface area contributed by atoms with Crippen LogP contribution in [0.3, 0.4) is 0 Å². The van der Waals surface area contributed by atoms with Crippen molar-refractivity contribution in [3.63, 3.8) is 0 Å². The van der Waals surface area contributed by atoms with E-state index in [9.17, 15) is 0 Å². The van der Waals surface area contributed by atoms with Crippen LogP contribution in [0.5, 0.6) is 0 Å². The molecule has 0 spiro atoms. The molecule has 0 saturated carbocycles. The highest BCUT2D eigenvalue weighted by molar-refractivity contribution is 7.11. The van der Waals surface area contributed by atoms with Crippen LogP contribution in [0.25, 0.3) is 0 Å². The number of nitrogens with zero attached hydrogens (tertiary/aromatic N) is 2. The second kappa shape index (κ2) is 5.30. The molecule has 0 atom stereocenters. The van der Waals surface area contributed by atoms with Gasteiger partial charge in [-0.25, -0.2) is 4.98 Å². The maximum Gasteiger partial charge on any atom is 0.191 e. The van der Waals surface area contributed by atoms with Gasteiger partial charge in [0.1, 0.15) is 0 Å². The zero-order chi connectivity index (χ0) is 11.4. The van der Waals surface area contributed by atoms with E-state index in [1.54, 1.807) is 11.3 Å². The molecule has 0 aromatic carbocycles. The van der Waals surface area contributed by atoms with Crippen molar-refractivity contribution in [1.82, 2.24) is 15.6 Å². The quantitative estimate of drug-likeness (QED) is 0.833. The van der Waals surface area contributed by atoms with Crippen molar-refractivity contribution in [1.29, 1.82) is 0 Å². The fraction of sp³-hybridized carbons (Fsp3) is 0.636. The summed E-state index contributed by atoms with van der Waals surface area (Å²) in [6.07, 6.45) is 2.11. The van der Waals surface area contributed by atoms with Crippen molar-refractivity contribution in [2.75, 3.05) is 19.6 Å². The Morgan fingerprint density at radius 1 is 1.44 bits per heavy atom. The molecule has 0 unspecified atom stereocenters. The van der Waals surface area contributed by atoms with E-state index in [1.165, 1.54) is 9.88 Å². The van der Waals surface area contributed by atoms with Crippen LogP contribution in [0, 0.1) is 13.8 Å². The van der Waals surface area contributed by atoms with Crippen LogP contribution in [0.4, 0.5) is 0 Å². The number of hydrogen-bond acceptors (Lipinski definition) is 5. The summed E-state index contributed by atoms with van der Waals surface area (Å²) < 4.78 is 0. The summed E-state index contributed by atoms with van der Waals surface area (Å²) in [5.41, 5.74) is 1.16. The highest BCUT2D eigenvalue weighted by atomic mass is 32.1. The zero-order valence-corrected chi connectivity index (χ0v) is 10.7. The predicted molar refractivity (Wildman–Crippen MR) is 68.2 cm³/mol. The maximum absolute atomic E-state index is 4.51. The average Bonchev–Trinajstić information content (AvgIpc) is 2.60. The summed E-state index contributed by atoms with van der Waals surface area (Å²) in [5.74, 6) is 0.941. The highest BCUT2D eigenvalue weighted by Gasteiger charge is 2.05. The van der Waals surface area contributed by atoms with Crippen molar-refractivity contribution < 1.29 is 0 Å². The van der Waals surface area contributed by atoms with E-state index in [0.29, 0.717) is 0 Å². The molecular formula is C11H18N4S. The van der Waals surface area contributed by atoms with Crippen LogP contribution < -0.4 is 10.6 Å². The van der Waals surface area contributed by atoms with Gasteiger partial charge in [-0.15, -0.1) is 11.3 Å². The van der Waals surface area contributed by atoms with Gasteiger partial charge >= 0.3 is 0 Å². The Labute approximate surface area is 100 Å². The van der Waals surface area contributed by atoms with E-state index in [1.807, 2.05) is 0 Å². The van der Waals surface area contributed by atoms with E-state index >= 15 is 0 Å². The summed E-state index contributed by atoms with van der Waals surface area (Å²) in [4.78, 5) is 10.2. The van der Waals surface area contributed by atoms with Gasteiger partial charge in [0.15, 0.2) is 5.96 Å². The molecule has 0 aliphatic carbocycles. The fourth-order valence-electron chi connectivity index (χ4n) is 1.58. The minimum atomic E-state index is 0.901. The van der Waals surface area contributed by atoms with E-state index in [-0.39, 0.29) is 0 Å². The first-order valence-corrected chi connectivity index (χ1v) is 6.52. The molecule has 2 heterocycles. The molecule has 1 aromatic heterocycles. The Balaban J connectivity index is 1.77. The lowest BCUT2D eigenvalue weighted by Crippen LogP contribution is -2.41. The topological polar surface area (TPSA) is 49.3 Å². The minimum absolute atomic E-state index is 0.901. The third kappa shape index (κ3) is 2.95. The first kappa shape index (κ1) is 11.4. The SMILES string of the molecule is Cc1nc(CCNC2=NCCCN2)sc1C. The number of aryl methyl sites for hydroxylation is 2. The van der Waals surface area contributed by atoms with Crippen molar-refractivity contribution in [2.24, 2.45) is 4.99 Å². The maximum atomic E-state index is 4.51. The Morgan fingerprint density at radius 3 is 2.94 bits per heavy atom. The van der Waals surface area contributed by atoms with Crippen LogP contribution >= 0.6 is 11.3 Å². The fourth-order valence-corrected chi connectivity index (χ4v) is 2.52. The van der Waals surface area contributed by atoms with Crippen molar-refractivity contribution in [3.05, 3.63) is 15.6 Å². The lowest BCUT2D eigenvalue weighted by atomic mass is 10.4. The van der Waals surface area contributed by atoms with Gasteiger partial charge in [0, 0.05) is 30.9 Å². The zero-order valence-electron chi connectivity index (χ0n) is 9.84. The molecule has 1 aliphatic rings. The highest BCUT2D eigenvalue weighted by Crippen LogP contribution is 2.16. The van der Waals surface area contributed by atoms with E-state index in [0.717, 1.165) is 44.1 Å². The number of aliphatic imine (C=N–C) groups is 1. The minimum Gasteiger partial charge on any atom is -0.356 e. The Hall–Kier alpha value is -1.10. The third-order valence-corrected chi connectivity index (χ3v) is 3.73.